The van der Waals surface area contributed by atoms with Gasteiger partial charge in [0.05, 0.1) is 12.3 Å². The van der Waals surface area contributed by atoms with Crippen LogP contribution in [0.3, 0.4) is 0 Å². The molecule has 0 bridgehead atoms. The summed E-state index contributed by atoms with van der Waals surface area (Å²) in [5, 5.41) is 7.20. The minimum Gasteiger partial charge on any atom is -0.494 e. The molecule has 0 aliphatic carbocycles. The van der Waals surface area contributed by atoms with Crippen molar-refractivity contribution in [3.05, 3.63) is 47.3 Å². The number of benzene rings is 1. The number of aromatic amines is 1. The van der Waals surface area contributed by atoms with E-state index in [0.717, 1.165) is 30.0 Å². The average Bonchev–Trinajstić information content (AvgIpc) is 2.74. The second kappa shape index (κ2) is 5.53. The molecule has 0 spiro atoms. The molecule has 0 amide bonds. The summed E-state index contributed by atoms with van der Waals surface area (Å²) in [7, 11) is 0. The van der Waals surface area contributed by atoms with Crippen LogP contribution in [0.25, 0.3) is 0 Å². The first-order valence-electron chi connectivity index (χ1n) is 6.00. The Balaban J connectivity index is 1.96. The van der Waals surface area contributed by atoms with E-state index >= 15 is 0 Å². The van der Waals surface area contributed by atoms with Crippen LogP contribution in [0.2, 0.25) is 0 Å². The van der Waals surface area contributed by atoms with Crippen molar-refractivity contribution in [2.45, 2.75) is 26.7 Å². The van der Waals surface area contributed by atoms with Gasteiger partial charge in [-0.1, -0.05) is 12.1 Å². The van der Waals surface area contributed by atoms with Gasteiger partial charge in [-0.3, -0.25) is 5.10 Å². The van der Waals surface area contributed by atoms with E-state index in [0.29, 0.717) is 6.61 Å². The van der Waals surface area contributed by atoms with Crippen LogP contribution in [0.4, 0.5) is 0 Å². The molecular formula is C14H18N2O. The normalized spacial score (nSPS) is 10.5. The SMILES string of the molecule is CCOc1cccc(CCc2cc(C)[nH]n2)c1. The van der Waals surface area contributed by atoms with Crippen molar-refractivity contribution in [3.8, 4) is 5.75 Å². The Hall–Kier alpha value is -1.77. The minimum absolute atomic E-state index is 0.710. The summed E-state index contributed by atoms with van der Waals surface area (Å²) in [4.78, 5) is 0. The topological polar surface area (TPSA) is 37.9 Å². The van der Waals surface area contributed by atoms with Crippen LogP contribution in [0.1, 0.15) is 23.9 Å². The van der Waals surface area contributed by atoms with Crippen LogP contribution in [-0.2, 0) is 12.8 Å². The Bertz CT molecular complexity index is 477. The maximum atomic E-state index is 5.48. The third kappa shape index (κ3) is 3.34. The Labute approximate surface area is 102 Å². The predicted octanol–water partition coefficient (Wildman–Crippen LogP) is 2.90. The number of aromatic nitrogens is 2. The Kier molecular flexibility index (Phi) is 3.81. The molecule has 0 atom stereocenters. The summed E-state index contributed by atoms with van der Waals surface area (Å²) in [5.41, 5.74) is 3.52. The predicted molar refractivity (Wildman–Crippen MR) is 68.3 cm³/mol. The molecule has 0 saturated carbocycles. The highest BCUT2D eigenvalue weighted by Crippen LogP contribution is 2.15. The van der Waals surface area contributed by atoms with Gasteiger partial charge in [0.1, 0.15) is 5.75 Å². The van der Waals surface area contributed by atoms with Gasteiger partial charge in [0.2, 0.25) is 0 Å². The first-order valence-corrected chi connectivity index (χ1v) is 6.00. The molecule has 1 N–H and O–H groups in total. The van der Waals surface area contributed by atoms with Crippen LogP contribution >= 0.6 is 0 Å². The van der Waals surface area contributed by atoms with Gasteiger partial charge in [-0.05, 0) is 50.5 Å². The fraction of sp³-hybridized carbons (Fsp3) is 0.357. The van der Waals surface area contributed by atoms with E-state index in [1.54, 1.807) is 0 Å². The maximum absolute atomic E-state index is 5.48. The van der Waals surface area contributed by atoms with E-state index in [9.17, 15) is 0 Å². The van der Waals surface area contributed by atoms with Gasteiger partial charge < -0.3 is 4.74 Å². The van der Waals surface area contributed by atoms with E-state index in [1.165, 1.54) is 5.56 Å². The fourth-order valence-electron chi connectivity index (χ4n) is 1.83. The molecule has 0 aliphatic rings. The first-order chi connectivity index (χ1) is 8.28. The molecule has 0 unspecified atom stereocenters. The third-order valence-corrected chi connectivity index (χ3v) is 2.64. The van der Waals surface area contributed by atoms with Gasteiger partial charge in [0.15, 0.2) is 0 Å². The number of nitrogens with zero attached hydrogens (tertiary/aromatic N) is 1. The molecule has 2 aromatic rings. The van der Waals surface area contributed by atoms with Crippen molar-refractivity contribution in [1.82, 2.24) is 10.2 Å². The molecular weight excluding hydrogens is 212 g/mol. The standard InChI is InChI=1S/C14H18N2O/c1-3-17-14-6-4-5-12(10-14)7-8-13-9-11(2)15-16-13/h4-6,9-10H,3,7-8H2,1-2H3,(H,15,16). The lowest BCUT2D eigenvalue weighted by molar-refractivity contribution is 0.340. The van der Waals surface area contributed by atoms with Gasteiger partial charge >= 0.3 is 0 Å². The number of hydrogen-bond donors (Lipinski definition) is 1. The number of H-pyrrole nitrogens is 1. The first kappa shape index (κ1) is 11.7. The highest BCUT2D eigenvalue weighted by atomic mass is 16.5. The van der Waals surface area contributed by atoms with Crippen molar-refractivity contribution in [1.29, 1.82) is 0 Å². The Morgan fingerprint density at radius 2 is 2.12 bits per heavy atom. The van der Waals surface area contributed by atoms with Crippen LogP contribution in [0.15, 0.2) is 30.3 Å². The molecule has 1 aromatic heterocycles. The minimum atomic E-state index is 0.710. The van der Waals surface area contributed by atoms with Crippen molar-refractivity contribution >= 4 is 0 Å². The fourth-order valence-corrected chi connectivity index (χ4v) is 1.83. The van der Waals surface area contributed by atoms with Gasteiger partial charge in [0, 0.05) is 5.69 Å². The molecule has 17 heavy (non-hydrogen) atoms. The summed E-state index contributed by atoms with van der Waals surface area (Å²) < 4.78 is 5.48. The number of aryl methyl sites for hydroxylation is 3. The summed E-state index contributed by atoms with van der Waals surface area (Å²) in [5.74, 6) is 0.947. The molecule has 2 rings (SSSR count). The molecule has 1 aromatic carbocycles. The quantitative estimate of drug-likeness (QED) is 0.857. The van der Waals surface area contributed by atoms with E-state index in [2.05, 4.69) is 28.4 Å². The second-order valence-electron chi connectivity index (χ2n) is 4.12. The zero-order valence-corrected chi connectivity index (χ0v) is 10.4. The number of nitrogens with one attached hydrogen (secondary N) is 1. The highest BCUT2D eigenvalue weighted by molar-refractivity contribution is 5.29. The van der Waals surface area contributed by atoms with Crippen molar-refractivity contribution in [2.75, 3.05) is 6.61 Å². The highest BCUT2D eigenvalue weighted by Gasteiger charge is 2.00. The molecule has 3 heteroatoms. The van der Waals surface area contributed by atoms with Gasteiger partial charge in [-0.15, -0.1) is 0 Å². The van der Waals surface area contributed by atoms with Crippen LogP contribution in [0.5, 0.6) is 5.75 Å². The Morgan fingerprint density at radius 1 is 1.24 bits per heavy atom. The summed E-state index contributed by atoms with van der Waals surface area (Å²) in [6.07, 6.45) is 1.95. The molecule has 90 valence electrons. The lowest BCUT2D eigenvalue weighted by Crippen LogP contribution is -1.95. The number of ether oxygens (including phenoxy) is 1. The number of hydrogen-bond acceptors (Lipinski definition) is 2. The van der Waals surface area contributed by atoms with Gasteiger partial charge in [-0.25, -0.2) is 0 Å². The molecule has 1 heterocycles. The summed E-state index contributed by atoms with van der Waals surface area (Å²) in [6, 6.07) is 10.3. The van der Waals surface area contributed by atoms with Gasteiger partial charge in [-0.2, -0.15) is 5.10 Å². The summed E-state index contributed by atoms with van der Waals surface area (Å²) >= 11 is 0. The maximum Gasteiger partial charge on any atom is 0.119 e. The van der Waals surface area contributed by atoms with E-state index in [4.69, 9.17) is 4.74 Å². The van der Waals surface area contributed by atoms with E-state index in [-0.39, 0.29) is 0 Å². The lowest BCUT2D eigenvalue weighted by Gasteiger charge is -2.05. The Morgan fingerprint density at radius 3 is 2.82 bits per heavy atom. The van der Waals surface area contributed by atoms with E-state index < -0.39 is 0 Å². The molecule has 0 fully saturated rings. The second-order valence-corrected chi connectivity index (χ2v) is 4.12. The van der Waals surface area contributed by atoms with Crippen molar-refractivity contribution in [3.63, 3.8) is 0 Å². The van der Waals surface area contributed by atoms with Crippen LogP contribution in [-0.4, -0.2) is 16.8 Å². The molecule has 0 radical (unpaired) electrons. The van der Waals surface area contributed by atoms with Crippen LogP contribution < -0.4 is 4.74 Å². The monoisotopic (exact) mass is 230 g/mol. The average molecular weight is 230 g/mol. The lowest BCUT2D eigenvalue weighted by atomic mass is 10.1. The molecule has 0 aliphatic heterocycles. The zero-order valence-electron chi connectivity index (χ0n) is 10.4. The largest absolute Gasteiger partial charge is 0.494 e. The summed E-state index contributed by atoms with van der Waals surface area (Å²) in [6.45, 7) is 4.73. The van der Waals surface area contributed by atoms with Gasteiger partial charge in [0.25, 0.3) is 0 Å². The van der Waals surface area contributed by atoms with Crippen LogP contribution in [0, 0.1) is 6.92 Å². The molecule has 3 nitrogen and oxygen atoms in total. The molecule has 0 saturated heterocycles. The number of rotatable bonds is 5. The third-order valence-electron chi connectivity index (χ3n) is 2.64. The van der Waals surface area contributed by atoms with E-state index in [1.807, 2.05) is 26.0 Å². The van der Waals surface area contributed by atoms with Crippen molar-refractivity contribution < 1.29 is 4.74 Å². The smallest absolute Gasteiger partial charge is 0.119 e. The zero-order chi connectivity index (χ0) is 12.1. The van der Waals surface area contributed by atoms with Crippen molar-refractivity contribution in [2.24, 2.45) is 0 Å².